The third-order valence-corrected chi connectivity index (χ3v) is 2.67. The van der Waals surface area contributed by atoms with E-state index in [0.717, 1.165) is 5.56 Å². The van der Waals surface area contributed by atoms with E-state index >= 15 is 0 Å². The second-order valence-corrected chi connectivity index (χ2v) is 4.04. The molecule has 3 nitrogen and oxygen atoms in total. The molecule has 0 atom stereocenters. The van der Waals surface area contributed by atoms with E-state index in [1.54, 1.807) is 18.5 Å². The van der Waals surface area contributed by atoms with Gasteiger partial charge in [0, 0.05) is 37.2 Å². The Morgan fingerprint density at radius 1 is 1.39 bits per heavy atom. The highest BCUT2D eigenvalue weighted by atomic mass is 19.1. The molecule has 1 aromatic heterocycles. The van der Waals surface area contributed by atoms with E-state index in [9.17, 15) is 9.18 Å². The molecule has 1 aromatic carbocycles. The van der Waals surface area contributed by atoms with Crippen LogP contribution in [0.2, 0.25) is 0 Å². The Labute approximate surface area is 105 Å². The van der Waals surface area contributed by atoms with E-state index in [4.69, 9.17) is 0 Å². The summed E-state index contributed by atoms with van der Waals surface area (Å²) in [6, 6.07) is 8.00. The van der Waals surface area contributed by atoms with Crippen LogP contribution in [0, 0.1) is 5.82 Å². The molecule has 0 aliphatic rings. The maximum Gasteiger partial charge on any atom is 0.152 e. The maximum atomic E-state index is 13.0. The second-order valence-electron chi connectivity index (χ2n) is 4.04. The predicted octanol–water partition coefficient (Wildman–Crippen LogP) is 2.67. The van der Waals surface area contributed by atoms with Crippen LogP contribution in [-0.2, 0) is 6.54 Å². The highest BCUT2D eigenvalue weighted by Crippen LogP contribution is 2.20. The minimum Gasteiger partial charge on any atom is -0.370 e. The number of carbonyl (C=O) groups excluding carboxylic acids is 1. The molecular weight excluding hydrogens is 231 g/mol. The standard InChI is InChI=1S/C14H13FN2O/c1-17(9-11-3-2-6-16-8-11)14-5-4-13(15)7-12(14)10-18/h2-8,10H,9H2,1H3. The zero-order valence-electron chi connectivity index (χ0n) is 10.0. The van der Waals surface area contributed by atoms with Crippen molar-refractivity contribution in [1.82, 2.24) is 4.98 Å². The van der Waals surface area contributed by atoms with Gasteiger partial charge in [0.1, 0.15) is 5.82 Å². The second kappa shape index (κ2) is 5.40. The molecule has 2 aromatic rings. The van der Waals surface area contributed by atoms with Crippen molar-refractivity contribution in [3.8, 4) is 0 Å². The number of pyridine rings is 1. The van der Waals surface area contributed by atoms with Crippen molar-refractivity contribution < 1.29 is 9.18 Å². The summed E-state index contributed by atoms with van der Waals surface area (Å²) in [5.41, 5.74) is 2.08. The molecule has 0 radical (unpaired) electrons. The van der Waals surface area contributed by atoms with Crippen molar-refractivity contribution in [2.45, 2.75) is 6.54 Å². The first-order chi connectivity index (χ1) is 8.70. The van der Waals surface area contributed by atoms with Crippen molar-refractivity contribution in [3.63, 3.8) is 0 Å². The highest BCUT2D eigenvalue weighted by molar-refractivity contribution is 5.84. The van der Waals surface area contributed by atoms with E-state index < -0.39 is 5.82 Å². The molecule has 0 fully saturated rings. The van der Waals surface area contributed by atoms with Gasteiger partial charge in [-0.2, -0.15) is 0 Å². The quantitative estimate of drug-likeness (QED) is 0.775. The van der Waals surface area contributed by atoms with Gasteiger partial charge in [-0.3, -0.25) is 9.78 Å². The molecule has 0 unspecified atom stereocenters. The van der Waals surface area contributed by atoms with Gasteiger partial charge in [-0.25, -0.2) is 4.39 Å². The first-order valence-electron chi connectivity index (χ1n) is 5.55. The molecule has 92 valence electrons. The normalized spacial score (nSPS) is 10.1. The summed E-state index contributed by atoms with van der Waals surface area (Å²) in [6.45, 7) is 0.611. The molecule has 2 rings (SSSR count). The van der Waals surface area contributed by atoms with Crippen LogP contribution in [0.15, 0.2) is 42.7 Å². The SMILES string of the molecule is CN(Cc1cccnc1)c1ccc(F)cc1C=O. The number of nitrogens with zero attached hydrogens (tertiary/aromatic N) is 2. The van der Waals surface area contributed by atoms with Crippen LogP contribution in [0.5, 0.6) is 0 Å². The first kappa shape index (κ1) is 12.2. The smallest absolute Gasteiger partial charge is 0.152 e. The summed E-state index contributed by atoms with van der Waals surface area (Å²) >= 11 is 0. The summed E-state index contributed by atoms with van der Waals surface area (Å²) in [5, 5.41) is 0. The third-order valence-electron chi connectivity index (χ3n) is 2.67. The van der Waals surface area contributed by atoms with E-state index in [1.807, 2.05) is 24.1 Å². The lowest BCUT2D eigenvalue weighted by Crippen LogP contribution is -2.18. The van der Waals surface area contributed by atoms with Crippen LogP contribution in [0.1, 0.15) is 15.9 Å². The average Bonchev–Trinajstić information content (AvgIpc) is 2.39. The molecule has 0 saturated carbocycles. The van der Waals surface area contributed by atoms with Crippen LogP contribution >= 0.6 is 0 Å². The number of anilines is 1. The highest BCUT2D eigenvalue weighted by Gasteiger charge is 2.08. The van der Waals surface area contributed by atoms with Crippen molar-refractivity contribution >= 4 is 12.0 Å². The molecular formula is C14H13FN2O. The predicted molar refractivity (Wildman–Crippen MR) is 68.1 cm³/mol. The minimum absolute atomic E-state index is 0.349. The Balaban J connectivity index is 2.23. The van der Waals surface area contributed by atoms with E-state index in [0.29, 0.717) is 24.1 Å². The van der Waals surface area contributed by atoms with E-state index in [2.05, 4.69) is 4.98 Å². The molecule has 0 amide bonds. The number of aromatic nitrogens is 1. The Morgan fingerprint density at radius 3 is 2.89 bits per heavy atom. The van der Waals surface area contributed by atoms with E-state index in [-0.39, 0.29) is 0 Å². The fraction of sp³-hybridized carbons (Fsp3) is 0.143. The number of rotatable bonds is 4. The first-order valence-corrected chi connectivity index (χ1v) is 5.55. The van der Waals surface area contributed by atoms with Gasteiger partial charge in [0.15, 0.2) is 6.29 Å². The molecule has 0 bridgehead atoms. The zero-order valence-corrected chi connectivity index (χ0v) is 10.0. The fourth-order valence-corrected chi connectivity index (χ4v) is 1.82. The number of halogens is 1. The van der Waals surface area contributed by atoms with Gasteiger partial charge < -0.3 is 4.90 Å². The topological polar surface area (TPSA) is 33.2 Å². The van der Waals surface area contributed by atoms with Gasteiger partial charge in [-0.1, -0.05) is 6.07 Å². The summed E-state index contributed by atoms with van der Waals surface area (Å²) in [7, 11) is 1.85. The molecule has 4 heteroatoms. The van der Waals surface area contributed by atoms with Gasteiger partial charge in [0.05, 0.1) is 0 Å². The van der Waals surface area contributed by atoms with Crippen LogP contribution in [0.4, 0.5) is 10.1 Å². The van der Waals surface area contributed by atoms with Crippen molar-refractivity contribution in [1.29, 1.82) is 0 Å². The van der Waals surface area contributed by atoms with Crippen molar-refractivity contribution in [2.75, 3.05) is 11.9 Å². The van der Waals surface area contributed by atoms with Gasteiger partial charge in [0.2, 0.25) is 0 Å². The number of hydrogen-bond acceptors (Lipinski definition) is 3. The summed E-state index contributed by atoms with van der Waals surface area (Å²) in [4.78, 5) is 16.9. The number of benzene rings is 1. The Bertz CT molecular complexity index is 543. The van der Waals surface area contributed by atoms with Crippen molar-refractivity contribution in [3.05, 3.63) is 59.7 Å². The zero-order chi connectivity index (χ0) is 13.0. The number of hydrogen-bond donors (Lipinski definition) is 0. The van der Waals surface area contributed by atoms with Crippen molar-refractivity contribution in [2.24, 2.45) is 0 Å². The molecule has 0 spiro atoms. The Hall–Kier alpha value is -2.23. The largest absolute Gasteiger partial charge is 0.370 e. The summed E-state index contributed by atoms with van der Waals surface area (Å²) < 4.78 is 13.0. The fourth-order valence-electron chi connectivity index (χ4n) is 1.82. The molecule has 18 heavy (non-hydrogen) atoms. The third kappa shape index (κ3) is 2.71. The summed E-state index contributed by atoms with van der Waals surface area (Å²) in [5.74, 6) is -0.407. The Morgan fingerprint density at radius 2 is 2.22 bits per heavy atom. The maximum absolute atomic E-state index is 13.0. The summed E-state index contributed by atoms with van der Waals surface area (Å²) in [6.07, 6.45) is 4.14. The lowest BCUT2D eigenvalue weighted by Gasteiger charge is -2.20. The van der Waals surface area contributed by atoms with Gasteiger partial charge in [-0.15, -0.1) is 0 Å². The molecule has 1 heterocycles. The lowest BCUT2D eigenvalue weighted by molar-refractivity contribution is 0.112. The number of aldehydes is 1. The monoisotopic (exact) mass is 244 g/mol. The van der Waals surface area contributed by atoms with Gasteiger partial charge in [0.25, 0.3) is 0 Å². The van der Waals surface area contributed by atoms with Crippen LogP contribution in [-0.4, -0.2) is 18.3 Å². The number of carbonyl (C=O) groups is 1. The minimum atomic E-state index is -0.407. The average molecular weight is 244 g/mol. The van der Waals surface area contributed by atoms with Crippen LogP contribution < -0.4 is 4.90 Å². The van der Waals surface area contributed by atoms with Gasteiger partial charge >= 0.3 is 0 Å². The van der Waals surface area contributed by atoms with Crippen LogP contribution in [0.25, 0.3) is 0 Å². The van der Waals surface area contributed by atoms with Gasteiger partial charge in [-0.05, 0) is 29.8 Å². The molecule has 0 saturated heterocycles. The van der Waals surface area contributed by atoms with Crippen LogP contribution in [0.3, 0.4) is 0 Å². The molecule has 0 aliphatic carbocycles. The molecule has 0 aliphatic heterocycles. The molecule has 0 N–H and O–H groups in total. The lowest BCUT2D eigenvalue weighted by atomic mass is 10.1. The van der Waals surface area contributed by atoms with E-state index in [1.165, 1.54) is 12.1 Å². The Kier molecular flexibility index (Phi) is 3.67.